The maximum Gasteiger partial charge on any atom is 0.330 e. The van der Waals surface area contributed by atoms with Crippen molar-refractivity contribution in [3.8, 4) is 0 Å². The molecule has 1 aliphatic carbocycles. The molecule has 3 unspecified atom stereocenters. The van der Waals surface area contributed by atoms with Crippen LogP contribution in [0.2, 0.25) is 0 Å². The lowest BCUT2D eigenvalue weighted by Gasteiger charge is -2.58. The number of carboxylic acid groups (broad SMARTS) is 1. The van der Waals surface area contributed by atoms with Crippen LogP contribution in [0.25, 0.3) is 0 Å². The molecule has 0 bridgehead atoms. The van der Waals surface area contributed by atoms with Gasteiger partial charge in [-0.2, -0.15) is 0 Å². The Hall–Kier alpha value is -1.14. The van der Waals surface area contributed by atoms with Gasteiger partial charge in [0.05, 0.1) is 18.8 Å². The predicted octanol–water partition coefficient (Wildman–Crippen LogP) is 2.60. The Morgan fingerprint density at radius 1 is 1.29 bits per heavy atom. The van der Waals surface area contributed by atoms with E-state index in [0.717, 1.165) is 6.42 Å². The molecule has 0 aromatic heterocycles. The molecule has 2 N–H and O–H groups in total. The van der Waals surface area contributed by atoms with Crippen molar-refractivity contribution < 1.29 is 24.2 Å². The zero-order valence-corrected chi connectivity index (χ0v) is 15.8. The van der Waals surface area contributed by atoms with Crippen LogP contribution in [-0.4, -0.2) is 47.9 Å². The van der Waals surface area contributed by atoms with Crippen LogP contribution in [-0.2, 0) is 19.1 Å². The van der Waals surface area contributed by atoms with Gasteiger partial charge in [-0.3, -0.25) is 4.79 Å². The third-order valence-electron chi connectivity index (χ3n) is 5.02. The van der Waals surface area contributed by atoms with Gasteiger partial charge in [0.1, 0.15) is 5.54 Å². The number of nitrogens with one attached hydrogen (secondary N) is 1. The van der Waals surface area contributed by atoms with Crippen LogP contribution in [0.3, 0.4) is 0 Å². The highest BCUT2D eigenvalue weighted by molar-refractivity contribution is 5.89. The minimum Gasteiger partial charge on any atom is -0.479 e. The molecule has 0 aliphatic heterocycles. The Balaban J connectivity index is 2.55. The molecule has 24 heavy (non-hydrogen) atoms. The molecule has 1 saturated carbocycles. The fraction of sp³-hybridized carbons (Fsp3) is 0.889. The highest BCUT2D eigenvalue weighted by Gasteiger charge is 2.66. The molecule has 140 valence electrons. The summed E-state index contributed by atoms with van der Waals surface area (Å²) in [5.74, 6) is -0.765. The molecular weight excluding hydrogens is 310 g/mol. The Kier molecular flexibility index (Phi) is 7.23. The summed E-state index contributed by atoms with van der Waals surface area (Å²) in [5.41, 5.74) is -1.93. The van der Waals surface area contributed by atoms with Crippen molar-refractivity contribution in [2.75, 3.05) is 13.2 Å². The normalized spacial score (nSPS) is 26.7. The monoisotopic (exact) mass is 343 g/mol. The third kappa shape index (κ3) is 4.48. The van der Waals surface area contributed by atoms with Gasteiger partial charge in [-0.1, -0.05) is 27.7 Å². The van der Waals surface area contributed by atoms with E-state index in [-0.39, 0.29) is 24.5 Å². The molecule has 0 spiro atoms. The Labute approximate surface area is 145 Å². The zero-order chi connectivity index (χ0) is 18.5. The number of hydrogen-bond acceptors (Lipinski definition) is 4. The fourth-order valence-corrected chi connectivity index (χ4v) is 3.42. The van der Waals surface area contributed by atoms with Crippen LogP contribution in [0.15, 0.2) is 0 Å². The van der Waals surface area contributed by atoms with Crippen LogP contribution in [0.4, 0.5) is 0 Å². The van der Waals surface area contributed by atoms with Gasteiger partial charge in [-0.25, -0.2) is 4.79 Å². The minimum absolute atomic E-state index is 0.0914. The molecule has 6 heteroatoms. The molecule has 0 saturated heterocycles. The number of rotatable bonds is 10. The first kappa shape index (κ1) is 20.9. The number of hydrogen-bond donors (Lipinski definition) is 2. The van der Waals surface area contributed by atoms with Crippen LogP contribution < -0.4 is 5.32 Å². The van der Waals surface area contributed by atoms with Crippen LogP contribution in [0, 0.1) is 11.3 Å². The first-order valence-electron chi connectivity index (χ1n) is 8.84. The summed E-state index contributed by atoms with van der Waals surface area (Å²) < 4.78 is 11.2. The van der Waals surface area contributed by atoms with Crippen molar-refractivity contribution in [2.45, 2.75) is 78.6 Å². The van der Waals surface area contributed by atoms with Gasteiger partial charge in [-0.15, -0.1) is 0 Å². The Morgan fingerprint density at radius 3 is 2.38 bits per heavy atom. The van der Waals surface area contributed by atoms with Gasteiger partial charge >= 0.3 is 5.97 Å². The van der Waals surface area contributed by atoms with Crippen molar-refractivity contribution in [1.82, 2.24) is 5.32 Å². The fourth-order valence-electron chi connectivity index (χ4n) is 3.42. The molecule has 1 aliphatic rings. The van der Waals surface area contributed by atoms with Gasteiger partial charge in [-0.05, 0) is 26.2 Å². The summed E-state index contributed by atoms with van der Waals surface area (Å²) in [7, 11) is 0. The number of carbonyl (C=O) groups is 2. The first-order valence-corrected chi connectivity index (χ1v) is 8.84. The van der Waals surface area contributed by atoms with Gasteiger partial charge in [0.2, 0.25) is 5.91 Å². The predicted molar refractivity (Wildman–Crippen MR) is 91.8 cm³/mol. The zero-order valence-electron chi connectivity index (χ0n) is 15.8. The molecule has 0 radical (unpaired) electrons. The molecule has 1 amide bonds. The second kappa shape index (κ2) is 8.30. The van der Waals surface area contributed by atoms with Crippen molar-refractivity contribution >= 4 is 11.9 Å². The lowest BCUT2D eigenvalue weighted by Crippen LogP contribution is -2.76. The number of aliphatic carboxylic acids is 1. The minimum atomic E-state index is -1.27. The van der Waals surface area contributed by atoms with E-state index in [9.17, 15) is 14.7 Å². The van der Waals surface area contributed by atoms with Crippen LogP contribution in [0.5, 0.6) is 0 Å². The lowest BCUT2D eigenvalue weighted by molar-refractivity contribution is -0.194. The van der Waals surface area contributed by atoms with E-state index in [1.165, 1.54) is 0 Å². The van der Waals surface area contributed by atoms with Gasteiger partial charge in [0.25, 0.3) is 0 Å². The van der Waals surface area contributed by atoms with E-state index < -0.39 is 16.9 Å². The summed E-state index contributed by atoms with van der Waals surface area (Å²) in [6.45, 7) is 12.6. The average Bonchev–Trinajstić information content (AvgIpc) is 2.44. The summed E-state index contributed by atoms with van der Waals surface area (Å²) in [6.07, 6.45) is 1.31. The topological polar surface area (TPSA) is 84.9 Å². The Bertz CT molecular complexity index is 449. The van der Waals surface area contributed by atoms with Crippen molar-refractivity contribution in [1.29, 1.82) is 0 Å². The van der Waals surface area contributed by atoms with Crippen molar-refractivity contribution in [3.63, 3.8) is 0 Å². The highest BCUT2D eigenvalue weighted by atomic mass is 16.5. The SMILES string of the molecule is CCOC1CC(NC(=O)CCOC(C)CC(C)C)(C(=O)O)C1(C)C. The van der Waals surface area contributed by atoms with Crippen LogP contribution in [0.1, 0.15) is 60.8 Å². The number of carboxylic acids is 1. The van der Waals surface area contributed by atoms with Crippen molar-refractivity contribution in [3.05, 3.63) is 0 Å². The molecule has 0 aromatic carbocycles. The lowest BCUT2D eigenvalue weighted by atomic mass is 9.54. The van der Waals surface area contributed by atoms with Gasteiger partial charge in [0.15, 0.2) is 0 Å². The summed E-state index contributed by atoms with van der Waals surface area (Å²) in [4.78, 5) is 24.0. The second-order valence-electron chi connectivity index (χ2n) is 7.69. The summed E-state index contributed by atoms with van der Waals surface area (Å²) in [6, 6.07) is 0. The molecular formula is C18H33NO5. The average molecular weight is 343 g/mol. The summed E-state index contributed by atoms with van der Waals surface area (Å²) in [5, 5.41) is 12.4. The van der Waals surface area contributed by atoms with E-state index >= 15 is 0 Å². The Morgan fingerprint density at radius 2 is 1.92 bits per heavy atom. The van der Waals surface area contributed by atoms with E-state index in [1.54, 1.807) is 0 Å². The number of ether oxygens (including phenoxy) is 2. The molecule has 3 atom stereocenters. The van der Waals surface area contributed by atoms with E-state index in [1.807, 2.05) is 27.7 Å². The largest absolute Gasteiger partial charge is 0.479 e. The standard InChI is InChI=1S/C18H33NO5/c1-7-23-14-11-18(16(21)22,17(14,5)6)19-15(20)8-9-24-13(4)10-12(2)3/h12-14H,7-11H2,1-6H3,(H,19,20)(H,21,22). The number of carbonyl (C=O) groups excluding carboxylic acids is 1. The van der Waals surface area contributed by atoms with Crippen LogP contribution >= 0.6 is 0 Å². The third-order valence-corrected chi connectivity index (χ3v) is 5.02. The first-order chi connectivity index (χ1) is 11.1. The number of amides is 1. The molecule has 1 fully saturated rings. The van der Waals surface area contributed by atoms with E-state index in [4.69, 9.17) is 9.47 Å². The molecule has 0 heterocycles. The molecule has 6 nitrogen and oxygen atoms in total. The van der Waals surface area contributed by atoms with Crippen molar-refractivity contribution in [2.24, 2.45) is 11.3 Å². The quantitative estimate of drug-likeness (QED) is 0.637. The maximum absolute atomic E-state index is 12.2. The van der Waals surface area contributed by atoms with Gasteiger partial charge < -0.3 is 19.9 Å². The second-order valence-corrected chi connectivity index (χ2v) is 7.69. The maximum atomic E-state index is 12.2. The molecule has 1 rings (SSSR count). The smallest absolute Gasteiger partial charge is 0.330 e. The van der Waals surface area contributed by atoms with Gasteiger partial charge in [0, 0.05) is 24.9 Å². The van der Waals surface area contributed by atoms with E-state index in [0.29, 0.717) is 25.6 Å². The van der Waals surface area contributed by atoms with E-state index in [2.05, 4.69) is 19.2 Å². The highest BCUT2D eigenvalue weighted by Crippen LogP contribution is 2.51. The summed E-state index contributed by atoms with van der Waals surface area (Å²) >= 11 is 0. The molecule has 0 aromatic rings.